The molecule has 2 amide bonds. The van der Waals surface area contributed by atoms with Crippen LogP contribution in [0.15, 0.2) is 48.5 Å². The number of hydrogen-bond donors (Lipinski definition) is 2. The van der Waals surface area contributed by atoms with Crippen molar-refractivity contribution in [3.05, 3.63) is 76.5 Å². The van der Waals surface area contributed by atoms with E-state index in [1.165, 1.54) is 12.5 Å². The van der Waals surface area contributed by atoms with E-state index in [1.54, 1.807) is 16.8 Å². The Bertz CT molecular complexity index is 1370. The highest BCUT2D eigenvalue weighted by atomic mass is 16.2. The highest BCUT2D eigenvalue weighted by Gasteiger charge is 2.15. The molecule has 4 rings (SSSR count). The van der Waals surface area contributed by atoms with E-state index in [4.69, 9.17) is 4.98 Å². The van der Waals surface area contributed by atoms with E-state index >= 15 is 0 Å². The number of nitrogens with zero attached hydrogens (tertiary/aromatic N) is 3. The molecule has 7 heteroatoms. The van der Waals surface area contributed by atoms with Crippen LogP contribution in [-0.2, 0) is 16.0 Å². The standard InChI is InChI=1S/C26H27N5O2/c1-15-10-17(3)26-22(11-15)16(2)12-23(29-26)31-24(13-18(4)30-31)28-25(33)14-20-6-8-21(9-7-20)27-19(5)32/h6-13H,14H2,1-5H3,(H,27,32)(H,28,33). The maximum Gasteiger partial charge on any atom is 0.229 e. The van der Waals surface area contributed by atoms with Crippen LogP contribution in [0.2, 0.25) is 0 Å². The Morgan fingerprint density at radius 3 is 2.33 bits per heavy atom. The molecule has 2 aromatic heterocycles. The van der Waals surface area contributed by atoms with Gasteiger partial charge in [0, 0.05) is 24.1 Å². The zero-order chi connectivity index (χ0) is 23.7. The number of pyridine rings is 1. The van der Waals surface area contributed by atoms with Crippen molar-refractivity contribution in [1.29, 1.82) is 0 Å². The van der Waals surface area contributed by atoms with Gasteiger partial charge in [0.15, 0.2) is 5.82 Å². The number of fused-ring (bicyclic) bond motifs is 1. The summed E-state index contributed by atoms with van der Waals surface area (Å²) in [6.07, 6.45) is 0.202. The summed E-state index contributed by atoms with van der Waals surface area (Å²) in [6.45, 7) is 9.54. The van der Waals surface area contributed by atoms with Gasteiger partial charge in [0.05, 0.1) is 17.6 Å². The highest BCUT2D eigenvalue weighted by molar-refractivity contribution is 5.92. The maximum absolute atomic E-state index is 12.8. The lowest BCUT2D eigenvalue weighted by molar-refractivity contribution is -0.116. The lowest BCUT2D eigenvalue weighted by atomic mass is 10.0. The van der Waals surface area contributed by atoms with Gasteiger partial charge in [-0.15, -0.1) is 0 Å². The predicted octanol–water partition coefficient (Wildman–Crippen LogP) is 4.79. The molecular formula is C26H27N5O2. The number of aryl methyl sites for hydroxylation is 4. The van der Waals surface area contributed by atoms with Crippen LogP contribution < -0.4 is 10.6 Å². The summed E-state index contributed by atoms with van der Waals surface area (Å²) in [5.41, 5.74) is 6.66. The third-order valence-electron chi connectivity index (χ3n) is 5.40. The third-order valence-corrected chi connectivity index (χ3v) is 5.40. The molecule has 33 heavy (non-hydrogen) atoms. The normalized spacial score (nSPS) is 10.9. The summed E-state index contributed by atoms with van der Waals surface area (Å²) < 4.78 is 1.68. The topological polar surface area (TPSA) is 88.9 Å². The lowest BCUT2D eigenvalue weighted by Gasteiger charge is -2.12. The van der Waals surface area contributed by atoms with Crippen LogP contribution in [0, 0.1) is 27.7 Å². The third kappa shape index (κ3) is 4.92. The molecule has 2 heterocycles. The van der Waals surface area contributed by atoms with Gasteiger partial charge in [-0.2, -0.15) is 9.78 Å². The average Bonchev–Trinajstić information content (AvgIpc) is 3.09. The number of anilines is 2. The zero-order valence-electron chi connectivity index (χ0n) is 19.5. The second-order valence-corrected chi connectivity index (χ2v) is 8.46. The van der Waals surface area contributed by atoms with E-state index < -0.39 is 0 Å². The van der Waals surface area contributed by atoms with Crippen molar-refractivity contribution in [1.82, 2.24) is 14.8 Å². The van der Waals surface area contributed by atoms with Gasteiger partial charge >= 0.3 is 0 Å². The molecule has 0 aliphatic heterocycles. The number of carbonyl (C=O) groups excluding carboxylic acids is 2. The fraction of sp³-hybridized carbons (Fsp3) is 0.231. The molecular weight excluding hydrogens is 414 g/mol. The number of amides is 2. The van der Waals surface area contributed by atoms with Crippen LogP contribution in [0.25, 0.3) is 16.7 Å². The van der Waals surface area contributed by atoms with Gasteiger partial charge in [-0.3, -0.25) is 9.59 Å². The quantitative estimate of drug-likeness (QED) is 0.466. The lowest BCUT2D eigenvalue weighted by Crippen LogP contribution is -2.17. The molecule has 0 saturated carbocycles. The van der Waals surface area contributed by atoms with E-state index in [2.05, 4.69) is 48.6 Å². The number of nitrogens with one attached hydrogen (secondary N) is 2. The molecule has 0 fully saturated rings. The molecule has 0 bridgehead atoms. The van der Waals surface area contributed by atoms with Crippen LogP contribution in [0.3, 0.4) is 0 Å². The van der Waals surface area contributed by atoms with E-state index in [9.17, 15) is 9.59 Å². The monoisotopic (exact) mass is 441 g/mol. The average molecular weight is 442 g/mol. The summed E-state index contributed by atoms with van der Waals surface area (Å²) >= 11 is 0. The van der Waals surface area contributed by atoms with Gasteiger partial charge in [-0.1, -0.05) is 23.8 Å². The molecule has 4 aromatic rings. The molecule has 0 unspecified atom stereocenters. The Morgan fingerprint density at radius 2 is 1.64 bits per heavy atom. The molecule has 2 aromatic carbocycles. The molecule has 0 atom stereocenters. The first-order valence-electron chi connectivity index (χ1n) is 10.8. The summed E-state index contributed by atoms with van der Waals surface area (Å²) in [6, 6.07) is 15.3. The van der Waals surface area contributed by atoms with Crippen LogP contribution >= 0.6 is 0 Å². The van der Waals surface area contributed by atoms with Gasteiger partial charge in [0.25, 0.3) is 0 Å². The zero-order valence-corrected chi connectivity index (χ0v) is 19.5. The predicted molar refractivity (Wildman–Crippen MR) is 131 cm³/mol. The summed E-state index contributed by atoms with van der Waals surface area (Å²) in [5, 5.41) is 11.4. The Labute approximate surface area is 192 Å². The van der Waals surface area contributed by atoms with E-state index in [0.717, 1.165) is 33.3 Å². The number of rotatable bonds is 5. The number of aromatic nitrogens is 3. The van der Waals surface area contributed by atoms with Crippen LogP contribution in [0.4, 0.5) is 11.5 Å². The van der Waals surface area contributed by atoms with Crippen molar-refractivity contribution < 1.29 is 9.59 Å². The Balaban J connectivity index is 1.59. The van der Waals surface area contributed by atoms with E-state index in [-0.39, 0.29) is 18.2 Å². The van der Waals surface area contributed by atoms with E-state index in [1.807, 2.05) is 31.2 Å². The van der Waals surface area contributed by atoms with Crippen molar-refractivity contribution in [2.75, 3.05) is 10.6 Å². The largest absolute Gasteiger partial charge is 0.326 e. The minimum absolute atomic E-state index is 0.132. The molecule has 0 aliphatic rings. The number of benzene rings is 2. The fourth-order valence-corrected chi connectivity index (χ4v) is 3.98. The minimum atomic E-state index is -0.159. The second-order valence-electron chi connectivity index (χ2n) is 8.46. The summed E-state index contributed by atoms with van der Waals surface area (Å²) in [7, 11) is 0. The molecule has 0 radical (unpaired) electrons. The highest BCUT2D eigenvalue weighted by Crippen LogP contribution is 2.26. The molecule has 0 aliphatic carbocycles. The van der Waals surface area contributed by atoms with Gasteiger partial charge in [0.2, 0.25) is 11.8 Å². The molecule has 7 nitrogen and oxygen atoms in total. The van der Waals surface area contributed by atoms with Crippen molar-refractivity contribution in [3.8, 4) is 5.82 Å². The van der Waals surface area contributed by atoms with Crippen molar-refractivity contribution >= 4 is 34.2 Å². The minimum Gasteiger partial charge on any atom is -0.326 e. The van der Waals surface area contributed by atoms with Crippen molar-refractivity contribution in [2.45, 2.75) is 41.0 Å². The van der Waals surface area contributed by atoms with Gasteiger partial charge in [0.1, 0.15) is 5.82 Å². The first-order chi connectivity index (χ1) is 15.7. The van der Waals surface area contributed by atoms with E-state index in [0.29, 0.717) is 17.3 Å². The smallest absolute Gasteiger partial charge is 0.229 e. The maximum atomic E-state index is 12.8. The number of hydrogen-bond acceptors (Lipinski definition) is 4. The van der Waals surface area contributed by atoms with Gasteiger partial charge < -0.3 is 10.6 Å². The summed E-state index contributed by atoms with van der Waals surface area (Å²) in [4.78, 5) is 28.8. The Morgan fingerprint density at radius 1 is 0.909 bits per heavy atom. The molecule has 2 N–H and O–H groups in total. The number of carbonyl (C=O) groups is 2. The van der Waals surface area contributed by atoms with Crippen molar-refractivity contribution in [3.63, 3.8) is 0 Å². The SMILES string of the molecule is CC(=O)Nc1ccc(CC(=O)Nc2cc(C)nn2-c2cc(C)c3cc(C)cc(C)c3n2)cc1. The fourth-order valence-electron chi connectivity index (χ4n) is 3.98. The van der Waals surface area contributed by atoms with Crippen LogP contribution in [0.1, 0.15) is 34.9 Å². The van der Waals surface area contributed by atoms with Crippen LogP contribution in [-0.4, -0.2) is 26.6 Å². The van der Waals surface area contributed by atoms with Gasteiger partial charge in [-0.05, 0) is 68.7 Å². The van der Waals surface area contributed by atoms with Crippen molar-refractivity contribution in [2.24, 2.45) is 0 Å². The Hall–Kier alpha value is -4.00. The van der Waals surface area contributed by atoms with Gasteiger partial charge in [-0.25, -0.2) is 4.98 Å². The molecule has 0 spiro atoms. The molecule has 168 valence electrons. The first-order valence-corrected chi connectivity index (χ1v) is 10.8. The second kappa shape index (κ2) is 8.86. The molecule has 0 saturated heterocycles. The first kappa shape index (κ1) is 22.2. The Kier molecular flexibility index (Phi) is 5.96. The summed E-state index contributed by atoms with van der Waals surface area (Å²) in [5.74, 6) is 0.943. The van der Waals surface area contributed by atoms with Crippen LogP contribution in [0.5, 0.6) is 0 Å².